The SMILES string of the molecule is C=C(CCCOC(=O)CCCl)C(=O)O. The third kappa shape index (κ3) is 6.48. The van der Waals surface area contributed by atoms with Crippen molar-refractivity contribution in [2.45, 2.75) is 19.3 Å². The van der Waals surface area contributed by atoms with Crippen LogP contribution in [-0.4, -0.2) is 29.5 Å². The Morgan fingerprint density at radius 3 is 2.50 bits per heavy atom. The Balaban J connectivity index is 3.42. The second kappa shape index (κ2) is 7.38. The molecule has 4 nitrogen and oxygen atoms in total. The Kier molecular flexibility index (Phi) is 6.84. The van der Waals surface area contributed by atoms with Gasteiger partial charge in [-0.1, -0.05) is 6.58 Å². The van der Waals surface area contributed by atoms with E-state index in [9.17, 15) is 9.59 Å². The molecule has 0 aliphatic heterocycles. The van der Waals surface area contributed by atoms with Gasteiger partial charge in [-0.15, -0.1) is 11.6 Å². The summed E-state index contributed by atoms with van der Waals surface area (Å²) in [5.74, 6) is -1.14. The molecule has 0 aliphatic carbocycles. The van der Waals surface area contributed by atoms with Gasteiger partial charge < -0.3 is 9.84 Å². The van der Waals surface area contributed by atoms with E-state index >= 15 is 0 Å². The number of aliphatic carboxylic acids is 1. The second-order valence-electron chi connectivity index (χ2n) is 2.67. The van der Waals surface area contributed by atoms with Crippen molar-refractivity contribution in [3.8, 4) is 0 Å². The summed E-state index contributed by atoms with van der Waals surface area (Å²) in [6, 6.07) is 0. The van der Waals surface area contributed by atoms with Crippen LogP contribution in [0.15, 0.2) is 12.2 Å². The minimum atomic E-state index is -1.02. The number of ether oxygens (including phenoxy) is 1. The van der Waals surface area contributed by atoms with Gasteiger partial charge in [0, 0.05) is 11.5 Å². The summed E-state index contributed by atoms with van der Waals surface area (Å²) in [6.07, 6.45) is 0.976. The third-order valence-electron chi connectivity index (χ3n) is 1.49. The van der Waals surface area contributed by atoms with Gasteiger partial charge in [0.05, 0.1) is 13.0 Å². The zero-order valence-electron chi connectivity index (χ0n) is 7.79. The molecule has 0 heterocycles. The van der Waals surface area contributed by atoms with Crippen molar-refractivity contribution in [3.05, 3.63) is 12.2 Å². The normalized spacial score (nSPS) is 9.50. The number of rotatable bonds is 7. The van der Waals surface area contributed by atoms with Gasteiger partial charge in [-0.2, -0.15) is 0 Å². The van der Waals surface area contributed by atoms with Crippen LogP contribution >= 0.6 is 11.6 Å². The van der Waals surface area contributed by atoms with Crippen LogP contribution in [0.3, 0.4) is 0 Å². The zero-order chi connectivity index (χ0) is 11.0. The minimum Gasteiger partial charge on any atom is -0.478 e. The first-order chi connectivity index (χ1) is 6.57. The fourth-order valence-corrected chi connectivity index (χ4v) is 0.882. The molecule has 0 aromatic rings. The van der Waals surface area contributed by atoms with Crippen LogP contribution in [0.25, 0.3) is 0 Å². The lowest BCUT2D eigenvalue weighted by atomic mass is 10.2. The number of carbonyl (C=O) groups is 2. The number of halogens is 1. The van der Waals surface area contributed by atoms with E-state index in [0.717, 1.165) is 0 Å². The van der Waals surface area contributed by atoms with Crippen molar-refractivity contribution in [1.82, 2.24) is 0 Å². The number of esters is 1. The van der Waals surface area contributed by atoms with Crippen molar-refractivity contribution in [2.75, 3.05) is 12.5 Å². The van der Waals surface area contributed by atoms with Crippen molar-refractivity contribution >= 4 is 23.5 Å². The van der Waals surface area contributed by atoms with Crippen molar-refractivity contribution in [2.24, 2.45) is 0 Å². The Morgan fingerprint density at radius 1 is 1.36 bits per heavy atom. The van der Waals surface area contributed by atoms with E-state index in [4.69, 9.17) is 21.4 Å². The van der Waals surface area contributed by atoms with E-state index in [0.29, 0.717) is 12.8 Å². The van der Waals surface area contributed by atoms with Crippen LogP contribution in [0.5, 0.6) is 0 Å². The van der Waals surface area contributed by atoms with E-state index in [2.05, 4.69) is 6.58 Å². The number of carboxylic acid groups (broad SMARTS) is 1. The van der Waals surface area contributed by atoms with Crippen LogP contribution < -0.4 is 0 Å². The highest BCUT2D eigenvalue weighted by Gasteiger charge is 2.04. The molecule has 0 atom stereocenters. The molecule has 0 aromatic heterocycles. The average Bonchev–Trinajstić information content (AvgIpc) is 2.12. The number of hydrogen-bond acceptors (Lipinski definition) is 3. The molecule has 0 saturated heterocycles. The molecule has 5 heteroatoms. The van der Waals surface area contributed by atoms with E-state index < -0.39 is 5.97 Å². The first kappa shape index (κ1) is 13.0. The number of hydrogen-bond donors (Lipinski definition) is 1. The molecule has 0 aromatic carbocycles. The third-order valence-corrected chi connectivity index (χ3v) is 1.68. The number of carboxylic acids is 1. The van der Waals surface area contributed by atoms with Crippen LogP contribution in [0.4, 0.5) is 0 Å². The van der Waals surface area contributed by atoms with Gasteiger partial charge in [0.1, 0.15) is 0 Å². The lowest BCUT2D eigenvalue weighted by Crippen LogP contribution is -2.07. The number of carbonyl (C=O) groups excluding carboxylic acids is 1. The highest BCUT2D eigenvalue weighted by atomic mass is 35.5. The molecule has 14 heavy (non-hydrogen) atoms. The highest BCUT2D eigenvalue weighted by Crippen LogP contribution is 2.02. The summed E-state index contributed by atoms with van der Waals surface area (Å²) in [7, 11) is 0. The monoisotopic (exact) mass is 220 g/mol. The molecule has 0 aliphatic rings. The van der Waals surface area contributed by atoms with Crippen LogP contribution in [-0.2, 0) is 14.3 Å². The lowest BCUT2D eigenvalue weighted by Gasteiger charge is -2.03. The maximum atomic E-state index is 10.8. The molecule has 0 spiro atoms. The van der Waals surface area contributed by atoms with Crippen LogP contribution in [0.2, 0.25) is 0 Å². The zero-order valence-corrected chi connectivity index (χ0v) is 8.55. The van der Waals surface area contributed by atoms with Gasteiger partial charge in [-0.25, -0.2) is 4.79 Å². The molecule has 1 N–H and O–H groups in total. The minimum absolute atomic E-state index is 0.124. The second-order valence-corrected chi connectivity index (χ2v) is 3.05. The molecule has 0 radical (unpaired) electrons. The molecule has 0 amide bonds. The molecule has 0 fully saturated rings. The quantitative estimate of drug-likeness (QED) is 0.306. The standard InChI is InChI=1S/C9H13ClO4/c1-7(9(12)13)3-2-6-14-8(11)4-5-10/h1-6H2,(H,12,13). The molecule has 0 saturated carbocycles. The van der Waals surface area contributed by atoms with Gasteiger partial charge in [0.2, 0.25) is 0 Å². The topological polar surface area (TPSA) is 63.6 Å². The largest absolute Gasteiger partial charge is 0.478 e. The Morgan fingerprint density at radius 2 is 2.00 bits per heavy atom. The van der Waals surface area contributed by atoms with E-state index in [1.165, 1.54) is 0 Å². The summed E-state index contributed by atoms with van der Waals surface area (Å²) >= 11 is 5.31. The fourth-order valence-electron chi connectivity index (χ4n) is 0.728. The van der Waals surface area contributed by atoms with Gasteiger partial charge in [0.15, 0.2) is 0 Å². The van der Waals surface area contributed by atoms with Gasteiger partial charge >= 0.3 is 11.9 Å². The van der Waals surface area contributed by atoms with Crippen molar-refractivity contribution < 1.29 is 19.4 Å². The van der Waals surface area contributed by atoms with Crippen molar-refractivity contribution in [3.63, 3.8) is 0 Å². The maximum Gasteiger partial charge on any atom is 0.330 e. The fraction of sp³-hybridized carbons (Fsp3) is 0.556. The average molecular weight is 221 g/mol. The molecule has 0 bridgehead atoms. The van der Waals surface area contributed by atoms with Crippen LogP contribution in [0, 0.1) is 0 Å². The number of alkyl halides is 1. The predicted molar refractivity (Wildman–Crippen MR) is 52.3 cm³/mol. The molecule has 0 rings (SSSR count). The van der Waals surface area contributed by atoms with Gasteiger partial charge in [-0.3, -0.25) is 4.79 Å². The molecule has 80 valence electrons. The van der Waals surface area contributed by atoms with Crippen molar-refractivity contribution in [1.29, 1.82) is 0 Å². The lowest BCUT2D eigenvalue weighted by molar-refractivity contribution is -0.143. The molecular formula is C9H13ClO4. The first-order valence-corrected chi connectivity index (χ1v) is 4.74. The predicted octanol–water partition coefficient (Wildman–Crippen LogP) is 1.58. The summed E-state index contributed by atoms with van der Waals surface area (Å²) in [4.78, 5) is 21.1. The summed E-state index contributed by atoms with van der Waals surface area (Å²) in [5.41, 5.74) is 0.124. The Hall–Kier alpha value is -1.03. The molecular weight excluding hydrogens is 208 g/mol. The van der Waals surface area contributed by atoms with E-state index in [1.807, 2.05) is 0 Å². The Bertz CT molecular complexity index is 225. The van der Waals surface area contributed by atoms with E-state index in [-0.39, 0.29) is 30.5 Å². The summed E-state index contributed by atoms with van der Waals surface area (Å²) in [5, 5.41) is 8.45. The summed E-state index contributed by atoms with van der Waals surface area (Å²) in [6.45, 7) is 3.56. The maximum absolute atomic E-state index is 10.8. The Labute approximate surface area is 87.5 Å². The highest BCUT2D eigenvalue weighted by molar-refractivity contribution is 6.18. The van der Waals surface area contributed by atoms with Gasteiger partial charge in [0.25, 0.3) is 0 Å². The van der Waals surface area contributed by atoms with Gasteiger partial charge in [-0.05, 0) is 12.8 Å². The molecule has 0 unspecified atom stereocenters. The van der Waals surface area contributed by atoms with Crippen LogP contribution in [0.1, 0.15) is 19.3 Å². The first-order valence-electron chi connectivity index (χ1n) is 4.20. The van der Waals surface area contributed by atoms with E-state index in [1.54, 1.807) is 0 Å². The smallest absolute Gasteiger partial charge is 0.330 e. The summed E-state index contributed by atoms with van der Waals surface area (Å²) < 4.78 is 4.76.